The number of nitrogens with one attached hydrogen (secondary N) is 5. The molecule has 0 aromatic heterocycles. The number of ether oxygens (including phenoxy) is 2. The number of nitrogens with two attached hydrogens (primary N) is 4. The Morgan fingerprint density at radius 3 is 2.43 bits per heavy atom. The van der Waals surface area contributed by atoms with Crippen molar-refractivity contribution in [3.8, 4) is 0 Å². The van der Waals surface area contributed by atoms with Crippen LogP contribution in [0.2, 0.25) is 0 Å². The van der Waals surface area contributed by atoms with Gasteiger partial charge in [0.1, 0.15) is 18.2 Å². The smallest absolute Gasteiger partial charge is 0.404 e. The summed E-state index contributed by atoms with van der Waals surface area (Å²) in [6.45, 7) is 0.203. The van der Waals surface area contributed by atoms with Gasteiger partial charge >= 0.3 is 6.09 Å². The Morgan fingerprint density at radius 2 is 1.80 bits per heavy atom. The average Bonchev–Trinajstić information content (AvgIpc) is 3.40. The van der Waals surface area contributed by atoms with Gasteiger partial charge in [0.2, 0.25) is 17.7 Å². The molecule has 16 N–H and O–H groups in total. The van der Waals surface area contributed by atoms with Crippen molar-refractivity contribution in [2.24, 2.45) is 27.9 Å². The highest BCUT2D eigenvalue weighted by molar-refractivity contribution is 5.92. The zero-order valence-electron chi connectivity index (χ0n) is 24.4. The van der Waals surface area contributed by atoms with Gasteiger partial charge in [-0.3, -0.25) is 14.4 Å². The summed E-state index contributed by atoms with van der Waals surface area (Å²) in [5, 5.41) is 44.9. The van der Waals surface area contributed by atoms with E-state index in [0.717, 1.165) is 6.42 Å². The molecule has 19 heteroatoms. The van der Waals surface area contributed by atoms with Gasteiger partial charge in [-0.1, -0.05) is 0 Å². The lowest BCUT2D eigenvalue weighted by atomic mass is 9.95. The van der Waals surface area contributed by atoms with Gasteiger partial charge in [0, 0.05) is 38.0 Å². The van der Waals surface area contributed by atoms with Gasteiger partial charge in [0.25, 0.3) is 0 Å². The Hall–Kier alpha value is -3.33. The maximum absolute atomic E-state index is 13.0. The van der Waals surface area contributed by atoms with E-state index in [1.54, 1.807) is 0 Å². The molecule has 4 amide bonds. The van der Waals surface area contributed by atoms with Gasteiger partial charge in [0.15, 0.2) is 24.3 Å². The maximum Gasteiger partial charge on any atom is 0.404 e. The molecule has 3 rings (SSSR count). The minimum absolute atomic E-state index is 0.0296. The van der Waals surface area contributed by atoms with Crippen LogP contribution in [0.15, 0.2) is 4.99 Å². The highest BCUT2D eigenvalue weighted by atomic mass is 16.6. The number of amides is 4. The molecular weight excluding hydrogens is 584 g/mol. The predicted octanol–water partition coefficient (Wildman–Crippen LogP) is -6.14. The fraction of sp³-hybridized carbons (Fsp3) is 0.800. The first-order valence-corrected chi connectivity index (χ1v) is 14.7. The van der Waals surface area contributed by atoms with E-state index in [1.165, 1.54) is 0 Å². The maximum atomic E-state index is 13.0. The van der Waals surface area contributed by atoms with Crippen molar-refractivity contribution in [1.82, 2.24) is 26.6 Å². The summed E-state index contributed by atoms with van der Waals surface area (Å²) in [6, 6.07) is -3.79. The summed E-state index contributed by atoms with van der Waals surface area (Å²) in [6.07, 6.45) is -5.37. The molecule has 0 aliphatic carbocycles. The standard InChI is InChI=1S/C25H46N10O9/c26-5-1-3-11(27)7-15(38)30-6-2-4-12(28)8-16(39)32-19-20(40)21(44-24(29)42)14(10-36)43-23(19)35-25-33-17-13(37)9-31-22(41)18(17)34-25/h11-14,17-21,23,36-37,40H,1-10,26-28H2,(H2,29,42)(H,30,38)(H,31,41)(H,32,39)(H2,33,34,35)/t11-,12-,13+,14+,17+,18-,19+,20-,21-,23+/m0/s1. The molecule has 3 aliphatic rings. The number of aliphatic hydroxyl groups is 3. The predicted molar refractivity (Wildman–Crippen MR) is 154 cm³/mol. The van der Waals surface area contributed by atoms with Crippen molar-refractivity contribution in [2.75, 3.05) is 26.2 Å². The number of piperidine rings is 1. The SMILES string of the molecule is NCCC[C@H](N)CC(=O)NCCC[C@H](N)CC(=O)N[C@@H]1[C@H](O)[C@@H](OC(N)=O)[C@@H](CO)O[C@H]1NC1=N[C@@H]2C(=O)NC[C@@H](O)[C@H]2N1. The van der Waals surface area contributed by atoms with Crippen molar-refractivity contribution in [1.29, 1.82) is 0 Å². The summed E-state index contributed by atoms with van der Waals surface area (Å²) in [4.78, 5) is 52.9. The number of hydrogen-bond acceptors (Lipinski definition) is 15. The Labute approximate surface area is 254 Å². The topological polar surface area (TPSA) is 324 Å². The lowest BCUT2D eigenvalue weighted by molar-refractivity contribution is -0.198. The van der Waals surface area contributed by atoms with Crippen LogP contribution in [-0.2, 0) is 23.9 Å². The second kappa shape index (κ2) is 16.7. The number of aliphatic hydroxyl groups excluding tert-OH is 3. The molecule has 0 aromatic rings. The fourth-order valence-corrected chi connectivity index (χ4v) is 5.31. The van der Waals surface area contributed by atoms with Gasteiger partial charge in [-0.05, 0) is 32.2 Å². The van der Waals surface area contributed by atoms with Crippen LogP contribution in [0.25, 0.3) is 0 Å². The zero-order valence-corrected chi connectivity index (χ0v) is 24.4. The van der Waals surface area contributed by atoms with E-state index in [4.69, 9.17) is 32.4 Å². The van der Waals surface area contributed by atoms with Crippen LogP contribution >= 0.6 is 0 Å². The van der Waals surface area contributed by atoms with E-state index in [9.17, 15) is 34.5 Å². The number of primary amides is 1. The molecule has 0 spiro atoms. The van der Waals surface area contributed by atoms with Gasteiger partial charge in [-0.25, -0.2) is 9.79 Å². The number of guanidine groups is 1. The summed E-state index contributed by atoms with van der Waals surface area (Å²) in [5.74, 6) is -1.12. The van der Waals surface area contributed by atoms with Gasteiger partial charge in [-0.15, -0.1) is 0 Å². The number of β-amino-alcohol motifs (C(OH)–C–C–N with tert-alkyl or cyclic N) is 1. The summed E-state index contributed by atoms with van der Waals surface area (Å²) < 4.78 is 10.8. The Kier molecular flexibility index (Phi) is 13.3. The largest absolute Gasteiger partial charge is 0.441 e. The van der Waals surface area contributed by atoms with Crippen LogP contribution < -0.4 is 49.5 Å². The first-order chi connectivity index (χ1) is 20.9. The number of carbonyl (C=O) groups excluding carboxylic acids is 4. The fourth-order valence-electron chi connectivity index (χ4n) is 5.31. The quantitative estimate of drug-likeness (QED) is 0.0749. The molecule has 3 aliphatic heterocycles. The molecule has 0 aromatic carbocycles. The van der Waals surface area contributed by atoms with Crippen LogP contribution in [0.5, 0.6) is 0 Å². The van der Waals surface area contributed by atoms with Gasteiger partial charge < -0.3 is 74.3 Å². The molecule has 19 nitrogen and oxygen atoms in total. The van der Waals surface area contributed by atoms with Crippen LogP contribution in [0, 0.1) is 0 Å². The van der Waals surface area contributed by atoms with Gasteiger partial charge in [0.05, 0.1) is 18.8 Å². The van der Waals surface area contributed by atoms with Crippen molar-refractivity contribution in [3.05, 3.63) is 0 Å². The molecule has 0 radical (unpaired) electrons. The summed E-state index contributed by atoms with van der Waals surface area (Å²) in [5.41, 5.74) is 22.6. The van der Waals surface area contributed by atoms with Gasteiger partial charge in [-0.2, -0.15) is 0 Å². The third-order valence-electron chi connectivity index (χ3n) is 7.59. The molecule has 0 bridgehead atoms. The third-order valence-corrected chi connectivity index (χ3v) is 7.59. The van der Waals surface area contributed by atoms with Crippen LogP contribution in [0.4, 0.5) is 4.79 Å². The molecule has 10 atom stereocenters. The van der Waals surface area contributed by atoms with E-state index in [1.807, 2.05) is 0 Å². The van der Waals surface area contributed by atoms with E-state index < -0.39 is 79.3 Å². The molecule has 250 valence electrons. The third kappa shape index (κ3) is 9.84. The second-order valence-electron chi connectivity index (χ2n) is 11.2. The minimum Gasteiger partial charge on any atom is -0.441 e. The van der Waals surface area contributed by atoms with Crippen molar-refractivity contribution < 1.29 is 44.0 Å². The van der Waals surface area contributed by atoms with Crippen molar-refractivity contribution in [2.45, 2.75) is 99.4 Å². The molecule has 44 heavy (non-hydrogen) atoms. The van der Waals surface area contributed by atoms with E-state index in [2.05, 4.69) is 31.6 Å². The summed E-state index contributed by atoms with van der Waals surface area (Å²) in [7, 11) is 0. The van der Waals surface area contributed by atoms with Crippen LogP contribution in [-0.4, -0.2) is 132 Å². The number of hydrogen-bond donors (Lipinski definition) is 12. The van der Waals surface area contributed by atoms with E-state index in [-0.39, 0.29) is 37.3 Å². The Bertz CT molecular complexity index is 1040. The molecule has 2 fully saturated rings. The highest BCUT2D eigenvalue weighted by Crippen LogP contribution is 2.24. The minimum atomic E-state index is -1.60. The Balaban J connectivity index is 1.57. The molecular formula is C25H46N10O9. The average molecular weight is 631 g/mol. The number of carbonyl (C=O) groups is 4. The number of fused-ring (bicyclic) bond motifs is 1. The van der Waals surface area contributed by atoms with Crippen molar-refractivity contribution >= 4 is 29.8 Å². The molecule has 0 unspecified atom stereocenters. The first-order valence-electron chi connectivity index (χ1n) is 14.7. The van der Waals surface area contributed by atoms with E-state index >= 15 is 0 Å². The number of rotatable bonds is 15. The highest BCUT2D eigenvalue weighted by Gasteiger charge is 2.49. The zero-order chi connectivity index (χ0) is 32.4. The lowest BCUT2D eigenvalue weighted by Crippen LogP contribution is -2.70. The molecule has 3 heterocycles. The first kappa shape index (κ1) is 35.2. The molecule has 0 saturated carbocycles. The monoisotopic (exact) mass is 630 g/mol. The van der Waals surface area contributed by atoms with Crippen LogP contribution in [0.3, 0.4) is 0 Å². The summed E-state index contributed by atoms with van der Waals surface area (Å²) >= 11 is 0. The number of nitrogens with zero attached hydrogens (tertiary/aromatic N) is 1. The second-order valence-corrected chi connectivity index (χ2v) is 11.2. The number of aliphatic imine (C=N–C) groups is 1. The Morgan fingerprint density at radius 1 is 1.11 bits per heavy atom. The lowest BCUT2D eigenvalue weighted by Gasteiger charge is -2.44. The van der Waals surface area contributed by atoms with Crippen molar-refractivity contribution in [3.63, 3.8) is 0 Å². The molecule has 2 saturated heterocycles. The van der Waals surface area contributed by atoms with Crippen LogP contribution in [0.1, 0.15) is 38.5 Å². The van der Waals surface area contributed by atoms with E-state index in [0.29, 0.717) is 32.4 Å². The normalized spacial score (nSPS) is 31.0.